The van der Waals surface area contributed by atoms with Crippen molar-refractivity contribution >= 4 is 56.6 Å². The van der Waals surface area contributed by atoms with Crippen molar-refractivity contribution in [1.29, 1.82) is 0 Å². The molecule has 4 fully saturated rings. The van der Waals surface area contributed by atoms with E-state index in [-0.39, 0.29) is 30.5 Å². The SMILES string of the molecule is C=C[C@@H]1C[C@]1(NC(=O)[C@@H]1C[C@@H](Oc2ccnc3c(Cl)c(OC)ccc23)CN1C(=O)[C@@H](NC(=O)OC1CCCC1)C(C)(C)C)C(=O)NS(=O)(=O)OC1CC1. The van der Waals surface area contributed by atoms with Gasteiger partial charge in [-0.1, -0.05) is 38.4 Å². The predicted octanol–water partition coefficient (Wildman–Crippen LogP) is 3.93. The smallest absolute Gasteiger partial charge is 0.408 e. The highest BCUT2D eigenvalue weighted by molar-refractivity contribution is 7.85. The summed E-state index contributed by atoms with van der Waals surface area (Å²) in [4.78, 5) is 61.0. The van der Waals surface area contributed by atoms with Crippen LogP contribution in [0, 0.1) is 11.3 Å². The molecule has 288 valence electrons. The molecule has 0 bridgehead atoms. The van der Waals surface area contributed by atoms with E-state index < -0.39 is 75.3 Å². The Labute approximate surface area is 313 Å². The minimum atomic E-state index is -4.43. The third-order valence-electron chi connectivity index (χ3n) is 10.1. The van der Waals surface area contributed by atoms with E-state index in [0.29, 0.717) is 35.2 Å². The molecule has 1 saturated heterocycles. The molecule has 0 unspecified atom stereocenters. The molecule has 53 heavy (non-hydrogen) atoms. The number of alkyl carbamates (subject to hydrolysis) is 1. The summed E-state index contributed by atoms with van der Waals surface area (Å²) >= 11 is 6.54. The molecule has 1 aromatic carbocycles. The van der Waals surface area contributed by atoms with Gasteiger partial charge in [0.25, 0.3) is 5.91 Å². The number of ether oxygens (including phenoxy) is 3. The topological polar surface area (TPSA) is 192 Å². The molecule has 3 N–H and O–H groups in total. The number of methoxy groups -OCH3 is 1. The Morgan fingerprint density at radius 3 is 2.40 bits per heavy atom. The number of carbonyl (C=O) groups excluding carboxylic acids is 4. The first-order valence-electron chi connectivity index (χ1n) is 17.8. The van der Waals surface area contributed by atoms with E-state index in [4.69, 9.17) is 30.0 Å². The van der Waals surface area contributed by atoms with E-state index >= 15 is 0 Å². The first-order chi connectivity index (χ1) is 25.0. The summed E-state index contributed by atoms with van der Waals surface area (Å²) in [7, 11) is -2.94. The lowest BCUT2D eigenvalue weighted by atomic mass is 9.85. The van der Waals surface area contributed by atoms with Gasteiger partial charge in [-0.05, 0) is 68.6 Å². The molecule has 15 nitrogen and oxygen atoms in total. The third-order valence-corrected chi connectivity index (χ3v) is 11.5. The van der Waals surface area contributed by atoms with Crippen LogP contribution in [0.25, 0.3) is 10.9 Å². The van der Waals surface area contributed by atoms with Crippen LogP contribution in [0.4, 0.5) is 4.79 Å². The highest BCUT2D eigenvalue weighted by atomic mass is 35.5. The summed E-state index contributed by atoms with van der Waals surface area (Å²) < 4.78 is 49.4. The lowest BCUT2D eigenvalue weighted by Gasteiger charge is -2.35. The van der Waals surface area contributed by atoms with Gasteiger partial charge in [-0.2, -0.15) is 8.42 Å². The van der Waals surface area contributed by atoms with Crippen LogP contribution < -0.4 is 24.8 Å². The van der Waals surface area contributed by atoms with Crippen LogP contribution in [0.15, 0.2) is 37.1 Å². The van der Waals surface area contributed by atoms with Crippen LogP contribution in [0.3, 0.4) is 0 Å². The Balaban J connectivity index is 1.27. The van der Waals surface area contributed by atoms with E-state index in [1.165, 1.54) is 24.3 Å². The summed E-state index contributed by atoms with van der Waals surface area (Å²) in [6, 6.07) is 2.77. The van der Waals surface area contributed by atoms with Gasteiger partial charge < -0.3 is 29.7 Å². The molecule has 17 heteroatoms. The quantitative estimate of drug-likeness (QED) is 0.250. The van der Waals surface area contributed by atoms with Gasteiger partial charge >= 0.3 is 16.4 Å². The average Bonchev–Trinajstić information content (AvgIpc) is 3.92. The highest BCUT2D eigenvalue weighted by Crippen LogP contribution is 2.45. The standard InChI is InChI=1S/C36H46ClN5O10S/c1-6-20-18-36(20,33(45)41-53(47,48)52-22-11-12-22)40-31(43)25-17-23(50-26-15-16-38-29-24(26)13-14-27(49-5)28(29)37)19-42(25)32(44)30(35(2,3)4)39-34(46)51-21-9-7-8-10-21/h6,13-16,20-23,25,30H,1,7-12,17-19H2,2-5H3,(H,39,46)(H,40,43)(H,41,45)/t20-,23-,25+,30-,36-/m1/s1. The first kappa shape index (κ1) is 38.6. The normalized spacial score (nSPS) is 25.0. The van der Waals surface area contributed by atoms with E-state index in [1.54, 1.807) is 39.0 Å². The third kappa shape index (κ3) is 8.49. The number of carbonyl (C=O) groups is 4. The Kier molecular flexibility index (Phi) is 10.9. The van der Waals surface area contributed by atoms with Gasteiger partial charge in [0.2, 0.25) is 11.8 Å². The fourth-order valence-corrected chi connectivity index (χ4v) is 8.29. The van der Waals surface area contributed by atoms with Crippen molar-refractivity contribution in [3.05, 3.63) is 42.1 Å². The van der Waals surface area contributed by atoms with Crippen molar-refractivity contribution in [2.75, 3.05) is 13.7 Å². The van der Waals surface area contributed by atoms with Crippen LogP contribution in [0.5, 0.6) is 11.5 Å². The van der Waals surface area contributed by atoms with Gasteiger partial charge in [0, 0.05) is 23.9 Å². The van der Waals surface area contributed by atoms with Gasteiger partial charge in [0.15, 0.2) is 0 Å². The number of likely N-dealkylation sites (tertiary alicyclic amines) is 1. The minimum absolute atomic E-state index is 0.00575. The van der Waals surface area contributed by atoms with Gasteiger partial charge in [-0.3, -0.25) is 23.6 Å². The lowest BCUT2D eigenvalue weighted by Crippen LogP contribution is -2.60. The molecule has 4 amide bonds. The van der Waals surface area contributed by atoms with E-state index in [1.807, 2.05) is 4.72 Å². The van der Waals surface area contributed by atoms with Crippen molar-refractivity contribution in [3.8, 4) is 11.5 Å². The zero-order valence-electron chi connectivity index (χ0n) is 30.2. The number of halogens is 1. The second-order valence-electron chi connectivity index (χ2n) is 15.2. The Bertz CT molecular complexity index is 1890. The first-order valence-corrected chi connectivity index (χ1v) is 19.6. The second kappa shape index (κ2) is 14.9. The summed E-state index contributed by atoms with van der Waals surface area (Å²) in [5.74, 6) is -2.01. The molecule has 5 atom stereocenters. The van der Waals surface area contributed by atoms with Crippen LogP contribution in [0.1, 0.15) is 72.1 Å². The van der Waals surface area contributed by atoms with Crippen LogP contribution in [-0.2, 0) is 33.6 Å². The van der Waals surface area contributed by atoms with Crippen molar-refractivity contribution in [2.45, 2.75) is 108 Å². The molecule has 2 aromatic rings. The maximum absolute atomic E-state index is 14.5. The summed E-state index contributed by atoms with van der Waals surface area (Å²) in [6.45, 7) is 9.04. The number of nitrogens with one attached hydrogen (secondary N) is 3. The number of fused-ring (bicyclic) bond motifs is 1. The van der Waals surface area contributed by atoms with Crippen LogP contribution >= 0.6 is 11.6 Å². The lowest BCUT2D eigenvalue weighted by molar-refractivity contribution is -0.143. The van der Waals surface area contributed by atoms with Crippen molar-refractivity contribution in [2.24, 2.45) is 11.3 Å². The fraction of sp³-hybridized carbons (Fsp3) is 0.583. The van der Waals surface area contributed by atoms with Crippen LogP contribution in [0.2, 0.25) is 5.02 Å². The molecule has 6 rings (SSSR count). The molecular formula is C36H46ClN5O10S. The Hall–Kier alpha value is -4.15. The molecule has 0 spiro atoms. The average molecular weight is 776 g/mol. The number of rotatable bonds is 13. The molecule has 1 aromatic heterocycles. The van der Waals surface area contributed by atoms with Gasteiger partial charge in [0.05, 0.1) is 25.3 Å². The number of pyridine rings is 1. The molecule has 3 aliphatic carbocycles. The van der Waals surface area contributed by atoms with E-state index in [0.717, 1.165) is 25.7 Å². The zero-order chi connectivity index (χ0) is 38.3. The maximum Gasteiger partial charge on any atom is 0.408 e. The number of aromatic nitrogens is 1. The van der Waals surface area contributed by atoms with Crippen molar-refractivity contribution < 1.29 is 46.0 Å². The Morgan fingerprint density at radius 2 is 1.77 bits per heavy atom. The number of hydrogen-bond acceptors (Lipinski definition) is 11. The number of nitrogens with zero attached hydrogens (tertiary/aromatic N) is 2. The summed E-state index contributed by atoms with van der Waals surface area (Å²) in [5.41, 5.74) is -2.03. The van der Waals surface area contributed by atoms with Crippen molar-refractivity contribution in [3.63, 3.8) is 0 Å². The van der Waals surface area contributed by atoms with E-state index in [2.05, 4.69) is 22.2 Å². The largest absolute Gasteiger partial charge is 0.495 e. The van der Waals surface area contributed by atoms with Gasteiger partial charge in [0.1, 0.15) is 46.4 Å². The number of amides is 4. The van der Waals surface area contributed by atoms with Crippen molar-refractivity contribution in [1.82, 2.24) is 25.2 Å². The Morgan fingerprint density at radius 1 is 1.06 bits per heavy atom. The maximum atomic E-state index is 14.5. The highest BCUT2D eigenvalue weighted by Gasteiger charge is 2.62. The summed E-state index contributed by atoms with van der Waals surface area (Å²) in [6.07, 6.45) is 5.35. The molecule has 3 saturated carbocycles. The molecule has 4 aliphatic rings. The second-order valence-corrected chi connectivity index (χ2v) is 16.9. The number of hydrogen-bond donors (Lipinski definition) is 3. The van der Waals surface area contributed by atoms with Crippen LogP contribution in [-0.4, -0.2) is 91.7 Å². The fourth-order valence-electron chi connectivity index (χ4n) is 6.99. The molecular weight excluding hydrogens is 730 g/mol. The summed E-state index contributed by atoms with van der Waals surface area (Å²) in [5, 5.41) is 6.35. The predicted molar refractivity (Wildman–Crippen MR) is 193 cm³/mol. The van der Waals surface area contributed by atoms with Gasteiger partial charge in [-0.25, -0.2) is 9.52 Å². The number of benzene rings is 1. The monoisotopic (exact) mass is 775 g/mol. The van der Waals surface area contributed by atoms with E-state index in [9.17, 15) is 27.6 Å². The molecule has 0 radical (unpaired) electrons. The zero-order valence-corrected chi connectivity index (χ0v) is 31.8. The molecule has 2 heterocycles. The molecule has 1 aliphatic heterocycles. The van der Waals surface area contributed by atoms with Gasteiger partial charge in [-0.15, -0.1) is 6.58 Å². The minimum Gasteiger partial charge on any atom is -0.495 e.